The van der Waals surface area contributed by atoms with Crippen molar-refractivity contribution in [2.24, 2.45) is 5.16 Å². The van der Waals surface area contributed by atoms with E-state index in [1.165, 1.54) is 0 Å². The van der Waals surface area contributed by atoms with Gasteiger partial charge in [0.25, 0.3) is 0 Å². The zero-order chi connectivity index (χ0) is 10.8. The topological polar surface area (TPSA) is 69.9 Å². The molecule has 2 N–H and O–H groups in total. The van der Waals surface area contributed by atoms with Crippen molar-refractivity contribution < 1.29 is 15.1 Å². The standard InChI is InChI=1S/C11H11NO3/c13-11(14)9-5-6-10(12-15)8-4-2-1-3-7(8)9/h1-4,9,15H,5-6H2,(H,13,14)/b12-10-. The molecule has 78 valence electrons. The second-order valence-corrected chi connectivity index (χ2v) is 3.56. The highest BCUT2D eigenvalue weighted by molar-refractivity contribution is 6.04. The average molecular weight is 205 g/mol. The van der Waals surface area contributed by atoms with Gasteiger partial charge < -0.3 is 10.3 Å². The summed E-state index contributed by atoms with van der Waals surface area (Å²) in [5.41, 5.74) is 2.06. The van der Waals surface area contributed by atoms with Crippen LogP contribution in [0.1, 0.15) is 29.9 Å². The van der Waals surface area contributed by atoms with Crippen molar-refractivity contribution in [1.82, 2.24) is 0 Å². The Bertz CT molecular complexity index is 426. The molecule has 15 heavy (non-hydrogen) atoms. The van der Waals surface area contributed by atoms with E-state index in [1.54, 1.807) is 18.2 Å². The zero-order valence-corrected chi connectivity index (χ0v) is 8.05. The fourth-order valence-corrected chi connectivity index (χ4v) is 2.00. The van der Waals surface area contributed by atoms with Gasteiger partial charge in [-0.2, -0.15) is 0 Å². The zero-order valence-electron chi connectivity index (χ0n) is 8.05. The predicted octanol–water partition coefficient (Wildman–Crippen LogP) is 1.83. The SMILES string of the molecule is O=C(O)C1CC/C(=N/O)c2ccccc21. The van der Waals surface area contributed by atoms with E-state index in [4.69, 9.17) is 10.3 Å². The molecule has 1 atom stereocenters. The van der Waals surface area contributed by atoms with Gasteiger partial charge in [0.2, 0.25) is 0 Å². The van der Waals surface area contributed by atoms with Crippen molar-refractivity contribution in [1.29, 1.82) is 0 Å². The minimum absolute atomic E-state index is 0.480. The Morgan fingerprint density at radius 2 is 2.13 bits per heavy atom. The number of rotatable bonds is 1. The number of carboxylic acids is 1. The summed E-state index contributed by atoms with van der Waals surface area (Å²) in [7, 11) is 0. The van der Waals surface area contributed by atoms with Gasteiger partial charge >= 0.3 is 5.97 Å². The number of nitrogens with zero attached hydrogens (tertiary/aromatic N) is 1. The Labute approximate surface area is 86.8 Å². The lowest BCUT2D eigenvalue weighted by Crippen LogP contribution is -2.22. The summed E-state index contributed by atoms with van der Waals surface area (Å²) in [6.07, 6.45) is 0.996. The molecule has 1 aromatic rings. The molecule has 0 amide bonds. The number of carbonyl (C=O) groups is 1. The number of hydrogen-bond donors (Lipinski definition) is 2. The van der Waals surface area contributed by atoms with Crippen molar-refractivity contribution in [2.75, 3.05) is 0 Å². The molecule has 1 aliphatic rings. The van der Waals surface area contributed by atoms with Gasteiger partial charge in [0, 0.05) is 5.56 Å². The van der Waals surface area contributed by atoms with Crippen LogP contribution in [-0.4, -0.2) is 22.0 Å². The number of aliphatic carboxylic acids is 1. The van der Waals surface area contributed by atoms with E-state index >= 15 is 0 Å². The monoisotopic (exact) mass is 205 g/mol. The summed E-state index contributed by atoms with van der Waals surface area (Å²) >= 11 is 0. The van der Waals surface area contributed by atoms with Gasteiger partial charge in [-0.25, -0.2) is 0 Å². The first kappa shape index (κ1) is 9.71. The summed E-state index contributed by atoms with van der Waals surface area (Å²) in [5.74, 6) is -1.30. The lowest BCUT2D eigenvalue weighted by atomic mass is 9.82. The van der Waals surface area contributed by atoms with Crippen molar-refractivity contribution in [3.8, 4) is 0 Å². The summed E-state index contributed by atoms with van der Waals surface area (Å²) in [6, 6.07) is 7.18. The minimum atomic E-state index is -0.820. The summed E-state index contributed by atoms with van der Waals surface area (Å²) < 4.78 is 0. The second kappa shape index (κ2) is 3.73. The number of oxime groups is 1. The first-order valence-electron chi connectivity index (χ1n) is 4.77. The van der Waals surface area contributed by atoms with Crippen molar-refractivity contribution in [2.45, 2.75) is 18.8 Å². The second-order valence-electron chi connectivity index (χ2n) is 3.56. The quantitative estimate of drug-likeness (QED) is 0.542. The molecule has 4 heteroatoms. The molecule has 0 saturated carbocycles. The smallest absolute Gasteiger partial charge is 0.311 e. The van der Waals surface area contributed by atoms with Crippen LogP contribution in [0.3, 0.4) is 0 Å². The van der Waals surface area contributed by atoms with Gasteiger partial charge in [-0.1, -0.05) is 29.4 Å². The molecule has 0 saturated heterocycles. The van der Waals surface area contributed by atoms with Gasteiger partial charge in [-0.3, -0.25) is 4.79 Å². The molecule has 0 aliphatic heterocycles. The molecule has 1 aromatic carbocycles. The summed E-state index contributed by atoms with van der Waals surface area (Å²) in [5, 5.41) is 21.1. The van der Waals surface area contributed by atoms with Gasteiger partial charge in [0.15, 0.2) is 0 Å². The van der Waals surface area contributed by atoms with Crippen LogP contribution in [0.5, 0.6) is 0 Å². The number of benzene rings is 1. The Kier molecular flexibility index (Phi) is 2.41. The van der Waals surface area contributed by atoms with Crippen LogP contribution in [0.4, 0.5) is 0 Å². The fraction of sp³-hybridized carbons (Fsp3) is 0.273. The van der Waals surface area contributed by atoms with Crippen LogP contribution in [0.25, 0.3) is 0 Å². The normalized spacial score (nSPS) is 22.4. The van der Waals surface area contributed by atoms with Crippen LogP contribution in [0.2, 0.25) is 0 Å². The highest BCUT2D eigenvalue weighted by Crippen LogP contribution is 2.31. The summed E-state index contributed by atoms with van der Waals surface area (Å²) in [6.45, 7) is 0. The highest BCUT2D eigenvalue weighted by Gasteiger charge is 2.29. The maximum Gasteiger partial charge on any atom is 0.311 e. The molecule has 0 spiro atoms. The predicted molar refractivity (Wildman–Crippen MR) is 54.4 cm³/mol. The largest absolute Gasteiger partial charge is 0.481 e. The van der Waals surface area contributed by atoms with Crippen LogP contribution in [0, 0.1) is 0 Å². The average Bonchev–Trinajstić information content (AvgIpc) is 2.27. The first-order chi connectivity index (χ1) is 7.24. The number of carboxylic acid groups (broad SMARTS) is 1. The van der Waals surface area contributed by atoms with Gasteiger partial charge in [-0.15, -0.1) is 0 Å². The Balaban J connectivity index is 2.53. The van der Waals surface area contributed by atoms with Gasteiger partial charge in [0.1, 0.15) is 0 Å². The molecule has 0 radical (unpaired) electrons. The van der Waals surface area contributed by atoms with E-state index in [0.29, 0.717) is 18.6 Å². The van der Waals surface area contributed by atoms with Crippen LogP contribution in [-0.2, 0) is 4.79 Å². The van der Waals surface area contributed by atoms with E-state index in [1.807, 2.05) is 6.07 Å². The van der Waals surface area contributed by atoms with Crippen LogP contribution in [0.15, 0.2) is 29.4 Å². The van der Waals surface area contributed by atoms with Gasteiger partial charge in [-0.05, 0) is 18.4 Å². The molecule has 1 aliphatic carbocycles. The molecule has 0 heterocycles. The summed E-state index contributed by atoms with van der Waals surface area (Å²) in [4.78, 5) is 11.0. The maximum absolute atomic E-state index is 11.0. The number of fused-ring (bicyclic) bond motifs is 1. The molecule has 1 unspecified atom stereocenters. The van der Waals surface area contributed by atoms with E-state index in [2.05, 4.69) is 5.16 Å². The Hall–Kier alpha value is -1.84. The molecular formula is C11H11NO3. The van der Waals surface area contributed by atoms with E-state index in [9.17, 15) is 4.79 Å². The minimum Gasteiger partial charge on any atom is -0.481 e. The fourth-order valence-electron chi connectivity index (χ4n) is 2.00. The lowest BCUT2D eigenvalue weighted by molar-refractivity contribution is -0.139. The molecule has 0 bridgehead atoms. The third kappa shape index (κ3) is 1.58. The van der Waals surface area contributed by atoms with Crippen LogP contribution >= 0.6 is 0 Å². The molecular weight excluding hydrogens is 194 g/mol. The molecule has 0 aromatic heterocycles. The highest BCUT2D eigenvalue weighted by atomic mass is 16.4. The maximum atomic E-state index is 11.0. The Morgan fingerprint density at radius 3 is 2.80 bits per heavy atom. The molecule has 2 rings (SSSR count). The lowest BCUT2D eigenvalue weighted by Gasteiger charge is -2.22. The van der Waals surface area contributed by atoms with Crippen molar-refractivity contribution >= 4 is 11.7 Å². The van der Waals surface area contributed by atoms with E-state index in [0.717, 1.165) is 11.1 Å². The Morgan fingerprint density at radius 1 is 1.40 bits per heavy atom. The van der Waals surface area contributed by atoms with E-state index in [-0.39, 0.29) is 0 Å². The van der Waals surface area contributed by atoms with Crippen molar-refractivity contribution in [3.05, 3.63) is 35.4 Å². The van der Waals surface area contributed by atoms with E-state index < -0.39 is 11.9 Å². The third-order valence-electron chi connectivity index (χ3n) is 2.74. The molecule has 0 fully saturated rings. The molecule has 4 nitrogen and oxygen atoms in total. The number of hydrogen-bond acceptors (Lipinski definition) is 3. The van der Waals surface area contributed by atoms with Gasteiger partial charge in [0.05, 0.1) is 11.6 Å². The third-order valence-corrected chi connectivity index (χ3v) is 2.74. The first-order valence-corrected chi connectivity index (χ1v) is 4.77. The van der Waals surface area contributed by atoms with Crippen molar-refractivity contribution in [3.63, 3.8) is 0 Å². The van der Waals surface area contributed by atoms with Crippen LogP contribution < -0.4 is 0 Å².